The van der Waals surface area contributed by atoms with Crippen molar-refractivity contribution in [1.29, 1.82) is 5.26 Å². The Kier molecular flexibility index (Phi) is 5.49. The van der Waals surface area contributed by atoms with E-state index in [4.69, 9.17) is 0 Å². The van der Waals surface area contributed by atoms with Crippen LogP contribution < -0.4 is 10.2 Å². The van der Waals surface area contributed by atoms with E-state index in [1.807, 2.05) is 4.90 Å². The summed E-state index contributed by atoms with van der Waals surface area (Å²) in [4.78, 5) is 23.4. The Bertz CT molecular complexity index is 1600. The normalized spacial score (nSPS) is 15.9. The van der Waals surface area contributed by atoms with E-state index >= 15 is 0 Å². The molecule has 12 heteroatoms. The van der Waals surface area contributed by atoms with Crippen LogP contribution in [0.2, 0.25) is 0 Å². The maximum absolute atomic E-state index is 13.4. The van der Waals surface area contributed by atoms with Gasteiger partial charge in [0.1, 0.15) is 29.5 Å². The van der Waals surface area contributed by atoms with Gasteiger partial charge in [0.05, 0.1) is 27.7 Å². The quantitative estimate of drug-likeness (QED) is 0.429. The van der Waals surface area contributed by atoms with Gasteiger partial charge in [0.15, 0.2) is 0 Å². The van der Waals surface area contributed by atoms with Crippen LogP contribution >= 0.6 is 0 Å². The molecule has 1 aliphatic heterocycles. The van der Waals surface area contributed by atoms with Crippen LogP contribution in [0, 0.1) is 18.3 Å². The van der Waals surface area contributed by atoms with Crippen LogP contribution in [0.25, 0.3) is 10.9 Å². The van der Waals surface area contributed by atoms with Gasteiger partial charge in [0, 0.05) is 37.3 Å². The highest BCUT2D eigenvalue weighted by Gasteiger charge is 2.30. The predicted octanol–water partition coefficient (Wildman–Crippen LogP) is 1.71. The number of hydrogen-bond donors (Lipinski definition) is 2. The number of benzene rings is 1. The van der Waals surface area contributed by atoms with Crippen molar-refractivity contribution in [1.82, 2.24) is 30.0 Å². The van der Waals surface area contributed by atoms with Crippen molar-refractivity contribution in [3.05, 3.63) is 59.9 Å². The van der Waals surface area contributed by atoms with E-state index < -0.39 is 9.84 Å². The number of sulfone groups is 1. The van der Waals surface area contributed by atoms with Crippen LogP contribution in [0.1, 0.15) is 28.2 Å². The van der Waals surface area contributed by atoms with Gasteiger partial charge in [-0.05, 0) is 37.6 Å². The molecule has 0 spiro atoms. The minimum atomic E-state index is -3.85. The third kappa shape index (κ3) is 3.89. The summed E-state index contributed by atoms with van der Waals surface area (Å²) in [5.41, 5.74) is 1.84. The van der Waals surface area contributed by atoms with Crippen molar-refractivity contribution in [2.24, 2.45) is 7.05 Å². The van der Waals surface area contributed by atoms with E-state index in [0.717, 1.165) is 5.52 Å². The van der Waals surface area contributed by atoms with Crippen LogP contribution in [0.4, 0.5) is 5.82 Å². The number of anilines is 1. The summed E-state index contributed by atoms with van der Waals surface area (Å²) in [5.74, 6) is 0.175. The first kappa shape index (κ1) is 22.5. The molecule has 0 radical (unpaired) electrons. The lowest BCUT2D eigenvalue weighted by Gasteiger charge is -2.18. The second-order valence-electron chi connectivity index (χ2n) is 8.44. The van der Waals surface area contributed by atoms with E-state index in [1.54, 1.807) is 36.9 Å². The zero-order valence-electron chi connectivity index (χ0n) is 19.1. The number of hydrogen-bond acceptors (Lipinski definition) is 8. The molecule has 5 rings (SSSR count). The van der Waals surface area contributed by atoms with Crippen molar-refractivity contribution in [3.63, 3.8) is 0 Å². The molecule has 1 atom stereocenters. The molecule has 11 nitrogen and oxygen atoms in total. The number of fused-ring (bicyclic) bond motifs is 1. The molecule has 1 aliphatic rings. The molecule has 1 aromatic carbocycles. The Labute approximate surface area is 201 Å². The molecule has 1 amide bonds. The number of aromatic amines is 1. The number of carbonyl (C=O) groups is 1. The summed E-state index contributed by atoms with van der Waals surface area (Å²) >= 11 is 0. The first-order valence-corrected chi connectivity index (χ1v) is 12.4. The average Bonchev–Trinajstić information content (AvgIpc) is 3.58. The van der Waals surface area contributed by atoms with Crippen molar-refractivity contribution >= 4 is 32.5 Å². The van der Waals surface area contributed by atoms with Crippen LogP contribution in [-0.4, -0.2) is 58.2 Å². The van der Waals surface area contributed by atoms with E-state index in [-0.39, 0.29) is 27.4 Å². The summed E-state index contributed by atoms with van der Waals surface area (Å²) in [6, 6.07) is 8.09. The highest BCUT2D eigenvalue weighted by Crippen LogP contribution is 2.29. The molecule has 35 heavy (non-hydrogen) atoms. The first-order valence-electron chi connectivity index (χ1n) is 10.9. The Morgan fingerprint density at radius 2 is 2.11 bits per heavy atom. The largest absolute Gasteiger partial charge is 0.353 e. The number of carbonyl (C=O) groups excluding carboxylic acids is 1. The summed E-state index contributed by atoms with van der Waals surface area (Å²) in [6.07, 6.45) is 5.09. The maximum atomic E-state index is 13.4. The molecular weight excluding hydrogens is 468 g/mol. The Morgan fingerprint density at radius 3 is 2.91 bits per heavy atom. The maximum Gasteiger partial charge on any atom is 0.268 e. The van der Waals surface area contributed by atoms with Gasteiger partial charge in [-0.2, -0.15) is 10.4 Å². The van der Waals surface area contributed by atoms with E-state index in [9.17, 15) is 18.5 Å². The number of nitrogens with zero attached hydrogens (tertiary/aromatic N) is 6. The van der Waals surface area contributed by atoms with Gasteiger partial charge in [-0.3, -0.25) is 9.89 Å². The fourth-order valence-corrected chi connectivity index (χ4v) is 5.94. The lowest BCUT2D eigenvalue weighted by molar-refractivity contribution is 0.0932. The SMILES string of the molecule is Cc1c(S(=O)(=O)c2ccc3[nH]ncc3c2)cc(C(=O)N[C@@H]2CCN(c3ncncc3C#N)C2)n1C. The molecule has 0 bridgehead atoms. The smallest absolute Gasteiger partial charge is 0.268 e. The zero-order chi connectivity index (χ0) is 24.7. The molecule has 2 N–H and O–H groups in total. The lowest BCUT2D eigenvalue weighted by atomic mass is 10.2. The number of amides is 1. The van der Waals surface area contributed by atoms with Gasteiger partial charge in [-0.25, -0.2) is 18.4 Å². The summed E-state index contributed by atoms with van der Waals surface area (Å²) < 4.78 is 28.4. The third-order valence-electron chi connectivity index (χ3n) is 6.37. The molecule has 4 aromatic rings. The first-order chi connectivity index (χ1) is 16.8. The number of aromatic nitrogens is 5. The summed E-state index contributed by atoms with van der Waals surface area (Å²) in [5, 5.41) is 19.7. The van der Waals surface area contributed by atoms with Gasteiger partial charge in [-0.15, -0.1) is 0 Å². The number of nitriles is 1. The van der Waals surface area contributed by atoms with Gasteiger partial charge < -0.3 is 14.8 Å². The van der Waals surface area contributed by atoms with Crippen LogP contribution in [0.5, 0.6) is 0 Å². The topological polar surface area (TPSA) is 150 Å². The van der Waals surface area contributed by atoms with E-state index in [1.165, 1.54) is 24.7 Å². The minimum absolute atomic E-state index is 0.0840. The Balaban J connectivity index is 1.37. The lowest BCUT2D eigenvalue weighted by Crippen LogP contribution is -2.38. The van der Waals surface area contributed by atoms with E-state index in [2.05, 4.69) is 31.6 Å². The summed E-state index contributed by atoms with van der Waals surface area (Å²) in [6.45, 7) is 2.78. The van der Waals surface area contributed by atoms with Gasteiger partial charge in [0.2, 0.25) is 9.84 Å². The Morgan fingerprint density at radius 1 is 1.29 bits per heavy atom. The molecule has 178 valence electrons. The third-order valence-corrected chi connectivity index (χ3v) is 8.23. The van der Waals surface area contributed by atoms with Crippen molar-refractivity contribution < 1.29 is 13.2 Å². The van der Waals surface area contributed by atoms with Crippen molar-refractivity contribution in [2.45, 2.75) is 29.2 Å². The standard InChI is InChI=1S/C23H22N8O3S/c1-14-21(35(33,34)18-3-4-19-15(7-18)11-27-29-19)8-20(30(14)2)23(32)28-17-5-6-31(12-17)22-16(9-24)10-25-13-26-22/h3-4,7-8,10-11,13,17H,5-6,12H2,1-2H3,(H,27,29)(H,28,32)/t17-/m1/s1. The second kappa shape index (κ2) is 8.52. The van der Waals surface area contributed by atoms with E-state index in [0.29, 0.717) is 42.0 Å². The molecule has 0 aliphatic carbocycles. The van der Waals surface area contributed by atoms with Crippen LogP contribution in [0.3, 0.4) is 0 Å². The van der Waals surface area contributed by atoms with Crippen LogP contribution in [-0.2, 0) is 16.9 Å². The number of H-pyrrole nitrogens is 1. The number of nitrogens with one attached hydrogen (secondary N) is 2. The molecule has 3 aromatic heterocycles. The highest BCUT2D eigenvalue weighted by atomic mass is 32.2. The van der Waals surface area contributed by atoms with Gasteiger partial charge in [-0.1, -0.05) is 0 Å². The molecule has 1 saturated heterocycles. The molecule has 4 heterocycles. The van der Waals surface area contributed by atoms with Gasteiger partial charge >= 0.3 is 0 Å². The monoisotopic (exact) mass is 490 g/mol. The fourth-order valence-electron chi connectivity index (χ4n) is 4.36. The van der Waals surface area contributed by atoms with Crippen molar-refractivity contribution in [3.8, 4) is 6.07 Å². The minimum Gasteiger partial charge on any atom is -0.353 e. The fraction of sp³-hybridized carbons (Fsp3) is 0.261. The molecule has 0 saturated carbocycles. The van der Waals surface area contributed by atoms with Crippen molar-refractivity contribution in [2.75, 3.05) is 18.0 Å². The molecular formula is C23H22N8O3S. The second-order valence-corrected chi connectivity index (χ2v) is 10.4. The Hall–Kier alpha value is -4.24. The average molecular weight is 491 g/mol. The zero-order valence-corrected chi connectivity index (χ0v) is 19.9. The molecule has 0 unspecified atom stereocenters. The molecule has 1 fully saturated rings. The van der Waals surface area contributed by atoms with Gasteiger partial charge in [0.25, 0.3) is 5.91 Å². The number of rotatable bonds is 5. The predicted molar refractivity (Wildman–Crippen MR) is 127 cm³/mol. The summed E-state index contributed by atoms with van der Waals surface area (Å²) in [7, 11) is -2.18. The highest BCUT2D eigenvalue weighted by molar-refractivity contribution is 7.91. The van der Waals surface area contributed by atoms with Crippen LogP contribution in [0.15, 0.2) is 52.8 Å².